The van der Waals surface area contributed by atoms with Crippen LogP contribution in [0.1, 0.15) is 32.6 Å². The van der Waals surface area contributed by atoms with E-state index in [-0.39, 0.29) is 36.7 Å². The first kappa shape index (κ1) is 13.8. The van der Waals surface area contributed by atoms with E-state index in [1.165, 1.54) is 4.90 Å². The molecule has 106 valence electrons. The molecule has 0 bridgehead atoms. The van der Waals surface area contributed by atoms with Crippen LogP contribution in [0.5, 0.6) is 0 Å². The topological polar surface area (TPSA) is 86.7 Å². The number of carbonyl (C=O) groups is 3. The van der Waals surface area contributed by atoms with Gasteiger partial charge in [-0.05, 0) is 25.2 Å². The smallest absolute Gasteiger partial charge is 0.323 e. The van der Waals surface area contributed by atoms with Crippen LogP contribution in [0, 0.1) is 11.8 Å². The Morgan fingerprint density at radius 2 is 1.95 bits per heavy atom. The number of carboxylic acid groups (broad SMARTS) is 1. The molecular formula is C13H20N2O4. The van der Waals surface area contributed by atoms with Crippen molar-refractivity contribution in [2.75, 3.05) is 13.1 Å². The van der Waals surface area contributed by atoms with Gasteiger partial charge in [0.2, 0.25) is 11.8 Å². The molecule has 0 aromatic rings. The van der Waals surface area contributed by atoms with Crippen LogP contribution in [-0.4, -0.2) is 46.9 Å². The molecule has 0 heterocycles. The van der Waals surface area contributed by atoms with Gasteiger partial charge in [0.15, 0.2) is 0 Å². The van der Waals surface area contributed by atoms with Crippen molar-refractivity contribution < 1.29 is 19.5 Å². The van der Waals surface area contributed by atoms with Gasteiger partial charge in [0.05, 0.1) is 0 Å². The highest BCUT2D eigenvalue weighted by Crippen LogP contribution is 2.37. The van der Waals surface area contributed by atoms with Crippen LogP contribution in [-0.2, 0) is 14.4 Å². The number of hydrogen-bond acceptors (Lipinski definition) is 3. The summed E-state index contributed by atoms with van der Waals surface area (Å²) in [7, 11) is 0. The van der Waals surface area contributed by atoms with Crippen molar-refractivity contribution in [2.24, 2.45) is 11.8 Å². The van der Waals surface area contributed by atoms with Crippen LogP contribution in [0.2, 0.25) is 0 Å². The van der Waals surface area contributed by atoms with Gasteiger partial charge in [-0.2, -0.15) is 0 Å². The number of hydrogen-bond donors (Lipinski definition) is 2. The molecule has 2 amide bonds. The lowest BCUT2D eigenvalue weighted by Crippen LogP contribution is -2.39. The summed E-state index contributed by atoms with van der Waals surface area (Å²) in [6.07, 6.45) is 2.86. The number of carboxylic acids is 1. The van der Waals surface area contributed by atoms with Gasteiger partial charge in [-0.25, -0.2) is 0 Å². The fourth-order valence-electron chi connectivity index (χ4n) is 2.21. The zero-order chi connectivity index (χ0) is 14.0. The van der Waals surface area contributed by atoms with Crippen LogP contribution in [0.3, 0.4) is 0 Å². The molecule has 0 aromatic heterocycles. The number of aliphatic carboxylic acids is 1. The molecule has 2 aliphatic rings. The maximum absolute atomic E-state index is 11.9. The zero-order valence-corrected chi connectivity index (χ0v) is 11.1. The molecular weight excluding hydrogens is 248 g/mol. The van der Waals surface area contributed by atoms with Gasteiger partial charge in [0.25, 0.3) is 0 Å². The van der Waals surface area contributed by atoms with Crippen molar-refractivity contribution in [3.8, 4) is 0 Å². The fourth-order valence-corrected chi connectivity index (χ4v) is 2.21. The molecule has 2 N–H and O–H groups in total. The summed E-state index contributed by atoms with van der Waals surface area (Å²) in [4.78, 5) is 35.6. The number of rotatable bonds is 7. The summed E-state index contributed by atoms with van der Waals surface area (Å²) in [6.45, 7) is 2.08. The highest BCUT2D eigenvalue weighted by atomic mass is 16.4. The van der Waals surface area contributed by atoms with Crippen molar-refractivity contribution in [1.82, 2.24) is 10.2 Å². The summed E-state index contributed by atoms with van der Waals surface area (Å²) in [5.41, 5.74) is 0. The number of amides is 2. The minimum atomic E-state index is -0.990. The summed E-state index contributed by atoms with van der Waals surface area (Å²) in [6, 6.07) is 0.0859. The third kappa shape index (κ3) is 3.94. The van der Waals surface area contributed by atoms with Crippen LogP contribution in [0.25, 0.3) is 0 Å². The van der Waals surface area contributed by atoms with E-state index in [0.717, 1.165) is 19.3 Å². The second kappa shape index (κ2) is 5.59. The van der Waals surface area contributed by atoms with Crippen LogP contribution in [0.4, 0.5) is 0 Å². The minimum absolute atomic E-state index is 0.0107. The van der Waals surface area contributed by atoms with Gasteiger partial charge in [-0.15, -0.1) is 0 Å². The lowest BCUT2D eigenvalue weighted by atomic mass is 10.3. The normalized spacial score (nSPS) is 24.7. The molecule has 2 aliphatic carbocycles. The molecule has 2 unspecified atom stereocenters. The molecule has 6 nitrogen and oxygen atoms in total. The van der Waals surface area contributed by atoms with E-state index < -0.39 is 5.97 Å². The van der Waals surface area contributed by atoms with Gasteiger partial charge in [0, 0.05) is 24.9 Å². The van der Waals surface area contributed by atoms with Gasteiger partial charge in [-0.3, -0.25) is 14.4 Å². The molecule has 0 spiro atoms. The number of nitrogens with one attached hydrogen (secondary N) is 1. The maximum atomic E-state index is 11.9. The molecule has 6 heteroatoms. The molecule has 19 heavy (non-hydrogen) atoms. The molecule has 2 saturated carbocycles. The van der Waals surface area contributed by atoms with Crippen molar-refractivity contribution in [1.29, 1.82) is 0 Å². The van der Waals surface area contributed by atoms with Gasteiger partial charge >= 0.3 is 5.97 Å². The van der Waals surface area contributed by atoms with Crippen molar-refractivity contribution in [2.45, 2.75) is 38.6 Å². The fraction of sp³-hybridized carbons (Fsp3) is 0.769. The van der Waals surface area contributed by atoms with E-state index >= 15 is 0 Å². The lowest BCUT2D eigenvalue weighted by Gasteiger charge is -2.20. The van der Waals surface area contributed by atoms with E-state index in [1.807, 2.05) is 6.92 Å². The average molecular weight is 268 g/mol. The maximum Gasteiger partial charge on any atom is 0.323 e. The SMILES string of the molecule is CC1CC1C(=O)NCCC(=O)N(CC(=O)O)C1CC1. The number of nitrogens with zero attached hydrogens (tertiary/aromatic N) is 1. The predicted molar refractivity (Wildman–Crippen MR) is 67.3 cm³/mol. The zero-order valence-electron chi connectivity index (χ0n) is 11.1. The Morgan fingerprint density at radius 1 is 1.32 bits per heavy atom. The van der Waals surface area contributed by atoms with Crippen molar-refractivity contribution >= 4 is 17.8 Å². The summed E-state index contributed by atoms with van der Waals surface area (Å²) in [5, 5.41) is 11.5. The summed E-state index contributed by atoms with van der Waals surface area (Å²) in [5.74, 6) is -0.610. The predicted octanol–water partition coefficient (Wildman–Crippen LogP) is 0.224. The average Bonchev–Trinajstić information content (AvgIpc) is 3.20. The Balaban J connectivity index is 1.70. The van der Waals surface area contributed by atoms with Gasteiger partial charge in [0.1, 0.15) is 6.54 Å². The summed E-state index contributed by atoms with van der Waals surface area (Å²) < 4.78 is 0. The van der Waals surface area contributed by atoms with Crippen molar-refractivity contribution in [3.05, 3.63) is 0 Å². The standard InChI is InChI=1S/C13H20N2O4/c1-8-6-10(8)13(19)14-5-4-11(16)15(7-12(17)18)9-2-3-9/h8-10H,2-7H2,1H3,(H,14,19)(H,17,18). The Morgan fingerprint density at radius 3 is 2.42 bits per heavy atom. The largest absolute Gasteiger partial charge is 0.480 e. The highest BCUT2D eigenvalue weighted by Gasteiger charge is 2.39. The molecule has 2 atom stereocenters. The van der Waals surface area contributed by atoms with E-state index in [1.54, 1.807) is 0 Å². The first-order valence-electron chi connectivity index (χ1n) is 6.78. The van der Waals surface area contributed by atoms with Crippen LogP contribution in [0.15, 0.2) is 0 Å². The Hall–Kier alpha value is -1.59. The molecule has 0 aromatic carbocycles. The molecule has 2 fully saturated rings. The first-order valence-corrected chi connectivity index (χ1v) is 6.78. The molecule has 0 saturated heterocycles. The van der Waals surface area contributed by atoms with Gasteiger partial charge in [-0.1, -0.05) is 6.92 Å². The summed E-state index contributed by atoms with van der Waals surface area (Å²) >= 11 is 0. The second-order valence-corrected chi connectivity index (χ2v) is 5.51. The molecule has 0 aliphatic heterocycles. The van der Waals surface area contributed by atoms with Crippen LogP contribution < -0.4 is 5.32 Å². The number of carbonyl (C=O) groups excluding carboxylic acids is 2. The van der Waals surface area contributed by atoms with E-state index in [4.69, 9.17) is 5.11 Å². The Kier molecular flexibility index (Phi) is 4.07. The van der Waals surface area contributed by atoms with E-state index in [2.05, 4.69) is 5.32 Å². The quantitative estimate of drug-likeness (QED) is 0.691. The monoisotopic (exact) mass is 268 g/mol. The van der Waals surface area contributed by atoms with Gasteiger partial charge < -0.3 is 15.3 Å². The third-order valence-electron chi connectivity index (χ3n) is 3.70. The van der Waals surface area contributed by atoms with E-state index in [9.17, 15) is 14.4 Å². The first-order chi connectivity index (χ1) is 8.99. The molecule has 2 rings (SSSR count). The highest BCUT2D eigenvalue weighted by molar-refractivity contribution is 5.84. The third-order valence-corrected chi connectivity index (χ3v) is 3.70. The van der Waals surface area contributed by atoms with Crippen molar-refractivity contribution in [3.63, 3.8) is 0 Å². The lowest BCUT2D eigenvalue weighted by molar-refractivity contribution is -0.145. The van der Waals surface area contributed by atoms with E-state index in [0.29, 0.717) is 12.5 Å². The second-order valence-electron chi connectivity index (χ2n) is 5.51. The molecule has 0 radical (unpaired) electrons. The Bertz CT molecular complexity index is 392. The van der Waals surface area contributed by atoms with Crippen LogP contribution >= 0.6 is 0 Å². The Labute approximate surface area is 112 Å². The minimum Gasteiger partial charge on any atom is -0.480 e.